The second-order valence-electron chi connectivity index (χ2n) is 8.17. The molecule has 0 aliphatic carbocycles. The minimum absolute atomic E-state index is 0.173. The molecule has 11 heteroatoms. The van der Waals surface area contributed by atoms with Crippen molar-refractivity contribution in [1.82, 2.24) is 10.3 Å². The van der Waals surface area contributed by atoms with Gasteiger partial charge in [-0.05, 0) is 6.07 Å². The number of nitrogens with zero attached hydrogens (tertiary/aromatic N) is 2. The Kier molecular flexibility index (Phi) is 9.58. The summed E-state index contributed by atoms with van der Waals surface area (Å²) in [6, 6.07) is 12.5. The van der Waals surface area contributed by atoms with Gasteiger partial charge in [-0.1, -0.05) is 6.07 Å². The van der Waals surface area contributed by atoms with Gasteiger partial charge >= 0.3 is 6.09 Å². The second kappa shape index (κ2) is 13.0. The minimum Gasteiger partial charge on any atom is -0.497 e. The molecular formula is C27H32N4O7. The van der Waals surface area contributed by atoms with Gasteiger partial charge in [-0.15, -0.1) is 0 Å². The van der Waals surface area contributed by atoms with Gasteiger partial charge in [0, 0.05) is 60.9 Å². The zero-order valence-electron chi connectivity index (χ0n) is 22.0. The number of pyridine rings is 1. The molecule has 1 aromatic heterocycles. The molecule has 0 spiro atoms. The van der Waals surface area contributed by atoms with Crippen LogP contribution in [0.3, 0.4) is 0 Å². The molecule has 11 nitrogen and oxygen atoms in total. The Morgan fingerprint density at radius 2 is 1.68 bits per heavy atom. The van der Waals surface area contributed by atoms with Crippen LogP contribution in [0.25, 0.3) is 11.1 Å². The molecule has 0 bridgehead atoms. The van der Waals surface area contributed by atoms with E-state index < -0.39 is 12.2 Å². The molecule has 1 unspecified atom stereocenters. The van der Waals surface area contributed by atoms with Gasteiger partial charge in [0.2, 0.25) is 5.91 Å². The Labute approximate surface area is 221 Å². The molecule has 3 aromatic rings. The number of hydrogen-bond acceptors (Lipinski definition) is 9. The topological polar surface area (TPSA) is 134 Å². The molecule has 0 radical (unpaired) electrons. The van der Waals surface area contributed by atoms with Crippen LogP contribution >= 0.6 is 0 Å². The van der Waals surface area contributed by atoms with Crippen molar-refractivity contribution in [2.24, 2.45) is 0 Å². The highest BCUT2D eigenvalue weighted by molar-refractivity contribution is 5.92. The predicted octanol–water partition coefficient (Wildman–Crippen LogP) is 3.51. The molecule has 2 heterocycles. The second-order valence-corrected chi connectivity index (χ2v) is 8.17. The lowest BCUT2D eigenvalue weighted by atomic mass is 10.0. The fraction of sp³-hybridized carbons (Fsp3) is 0.296. The van der Waals surface area contributed by atoms with Gasteiger partial charge in [-0.25, -0.2) is 4.79 Å². The lowest BCUT2D eigenvalue weighted by Crippen LogP contribution is -2.33. The number of benzene rings is 2. The van der Waals surface area contributed by atoms with Gasteiger partial charge in [0.1, 0.15) is 29.1 Å². The first-order chi connectivity index (χ1) is 18.3. The Balaban J connectivity index is 0.000000304. The van der Waals surface area contributed by atoms with E-state index >= 15 is 0 Å². The molecule has 2 aromatic carbocycles. The maximum absolute atomic E-state index is 12.3. The third-order valence-corrected chi connectivity index (χ3v) is 5.58. The number of cyclic esters (lactones) is 1. The van der Waals surface area contributed by atoms with Gasteiger partial charge in [-0.2, -0.15) is 0 Å². The molecule has 1 fully saturated rings. The average Bonchev–Trinajstić information content (AvgIpc) is 3.31. The predicted molar refractivity (Wildman–Crippen MR) is 143 cm³/mol. The standard InChI is InChI=1S/C19H21N3O5.C8H11NO2/c1-12(23)21-10-15-11-22(19(24)27-15)14-7-16(25-2)18(17(8-14)26-3)13-5-4-6-20-9-13;1-10-7-3-6(9)4-8(5-7)11-2/h4-9,15H,10-11H2,1-3H3,(H,21,23);3-5H,9H2,1-2H3. The van der Waals surface area contributed by atoms with Crippen LogP contribution < -0.4 is 34.9 Å². The SMILES string of the molecule is COc1cc(N)cc(OC)c1.COc1cc(N2CC(CNC(C)=O)OC2=O)cc(OC)c1-c1cccnc1. The van der Waals surface area contributed by atoms with Gasteiger partial charge in [-0.3, -0.25) is 14.7 Å². The molecule has 0 saturated carbocycles. The molecular weight excluding hydrogens is 492 g/mol. The molecule has 202 valence electrons. The number of anilines is 2. The Morgan fingerprint density at radius 1 is 1.05 bits per heavy atom. The number of rotatable bonds is 8. The summed E-state index contributed by atoms with van der Waals surface area (Å²) in [6.45, 7) is 2.00. The molecule has 1 aliphatic heterocycles. The molecule has 1 saturated heterocycles. The maximum atomic E-state index is 12.3. The van der Waals surface area contributed by atoms with Crippen LogP contribution in [-0.4, -0.2) is 64.6 Å². The van der Waals surface area contributed by atoms with E-state index in [1.54, 1.807) is 71.2 Å². The molecule has 1 aliphatic rings. The molecule has 3 N–H and O–H groups in total. The monoisotopic (exact) mass is 524 g/mol. The number of aromatic nitrogens is 1. The van der Waals surface area contributed by atoms with Crippen LogP contribution in [0, 0.1) is 0 Å². The zero-order chi connectivity index (χ0) is 27.7. The van der Waals surface area contributed by atoms with Crippen molar-refractivity contribution in [3.63, 3.8) is 0 Å². The number of hydrogen-bond donors (Lipinski definition) is 2. The third-order valence-electron chi connectivity index (χ3n) is 5.58. The van der Waals surface area contributed by atoms with E-state index in [-0.39, 0.29) is 12.5 Å². The summed E-state index contributed by atoms with van der Waals surface area (Å²) in [7, 11) is 6.29. The molecule has 38 heavy (non-hydrogen) atoms. The molecule has 4 rings (SSSR count). The van der Waals surface area contributed by atoms with E-state index in [4.69, 9.17) is 29.4 Å². The number of nitrogen functional groups attached to an aromatic ring is 1. The van der Waals surface area contributed by atoms with Crippen molar-refractivity contribution in [2.45, 2.75) is 13.0 Å². The molecule has 1 atom stereocenters. The van der Waals surface area contributed by atoms with E-state index in [1.165, 1.54) is 11.8 Å². The van der Waals surface area contributed by atoms with Crippen LogP contribution in [0.2, 0.25) is 0 Å². The number of carbonyl (C=O) groups excluding carboxylic acids is 2. The summed E-state index contributed by atoms with van der Waals surface area (Å²) < 4.78 is 26.4. The summed E-state index contributed by atoms with van der Waals surface area (Å²) in [4.78, 5) is 29.0. The lowest BCUT2D eigenvalue weighted by molar-refractivity contribution is -0.119. The first-order valence-corrected chi connectivity index (χ1v) is 11.7. The zero-order valence-corrected chi connectivity index (χ0v) is 22.0. The fourth-order valence-corrected chi connectivity index (χ4v) is 3.77. The van der Waals surface area contributed by atoms with E-state index in [0.717, 1.165) is 11.1 Å². The van der Waals surface area contributed by atoms with Crippen molar-refractivity contribution < 1.29 is 33.3 Å². The minimum atomic E-state index is -0.483. The van der Waals surface area contributed by atoms with E-state index in [2.05, 4.69) is 10.3 Å². The number of ether oxygens (including phenoxy) is 5. The van der Waals surface area contributed by atoms with Crippen LogP contribution in [0.4, 0.5) is 16.2 Å². The molecule has 2 amide bonds. The van der Waals surface area contributed by atoms with Crippen molar-refractivity contribution in [2.75, 3.05) is 52.2 Å². The largest absolute Gasteiger partial charge is 0.497 e. The van der Waals surface area contributed by atoms with Gasteiger partial charge in [0.25, 0.3) is 0 Å². The number of nitrogens with two attached hydrogens (primary N) is 1. The van der Waals surface area contributed by atoms with Gasteiger partial charge in [0.15, 0.2) is 0 Å². The maximum Gasteiger partial charge on any atom is 0.414 e. The highest BCUT2D eigenvalue weighted by Gasteiger charge is 2.33. The summed E-state index contributed by atoms with van der Waals surface area (Å²) >= 11 is 0. The lowest BCUT2D eigenvalue weighted by Gasteiger charge is -2.19. The average molecular weight is 525 g/mol. The van der Waals surface area contributed by atoms with Crippen molar-refractivity contribution >= 4 is 23.4 Å². The summed E-state index contributed by atoms with van der Waals surface area (Å²) in [6.07, 6.45) is 2.50. The summed E-state index contributed by atoms with van der Waals surface area (Å²) in [5, 5.41) is 2.66. The van der Waals surface area contributed by atoms with Crippen LogP contribution in [-0.2, 0) is 9.53 Å². The van der Waals surface area contributed by atoms with E-state index in [1.807, 2.05) is 12.1 Å². The third kappa shape index (κ3) is 6.96. The summed E-state index contributed by atoms with van der Waals surface area (Å²) in [5.74, 6) is 2.35. The number of nitrogens with one attached hydrogen (secondary N) is 1. The summed E-state index contributed by atoms with van der Waals surface area (Å²) in [5.41, 5.74) is 8.37. The Hall–Kier alpha value is -4.67. The van der Waals surface area contributed by atoms with E-state index in [0.29, 0.717) is 40.9 Å². The Bertz CT molecular complexity index is 1210. The number of amides is 2. The number of methoxy groups -OCH3 is 4. The highest BCUT2D eigenvalue weighted by Crippen LogP contribution is 2.42. The fourth-order valence-electron chi connectivity index (χ4n) is 3.77. The smallest absolute Gasteiger partial charge is 0.414 e. The van der Waals surface area contributed by atoms with Crippen LogP contribution in [0.1, 0.15) is 6.92 Å². The first kappa shape index (κ1) is 27.9. The van der Waals surface area contributed by atoms with Crippen molar-refractivity contribution in [1.29, 1.82) is 0 Å². The quantitative estimate of drug-likeness (QED) is 0.425. The van der Waals surface area contributed by atoms with Crippen molar-refractivity contribution in [3.05, 3.63) is 54.9 Å². The van der Waals surface area contributed by atoms with Gasteiger partial charge in [0.05, 0.1) is 52.8 Å². The van der Waals surface area contributed by atoms with Crippen LogP contribution in [0.15, 0.2) is 54.9 Å². The van der Waals surface area contributed by atoms with E-state index in [9.17, 15) is 9.59 Å². The normalized spacial score (nSPS) is 14.1. The van der Waals surface area contributed by atoms with Gasteiger partial charge < -0.3 is 34.7 Å². The van der Waals surface area contributed by atoms with Crippen LogP contribution in [0.5, 0.6) is 23.0 Å². The first-order valence-electron chi connectivity index (χ1n) is 11.7. The van der Waals surface area contributed by atoms with Crippen molar-refractivity contribution in [3.8, 4) is 34.1 Å². The number of carbonyl (C=O) groups is 2. The Morgan fingerprint density at radius 3 is 2.18 bits per heavy atom. The highest BCUT2D eigenvalue weighted by atomic mass is 16.6.